The van der Waals surface area contributed by atoms with Crippen molar-refractivity contribution < 1.29 is 4.79 Å². The second-order valence-electron chi connectivity index (χ2n) is 4.30. The van der Waals surface area contributed by atoms with E-state index in [0.717, 1.165) is 36.4 Å². The predicted octanol–water partition coefficient (Wildman–Crippen LogP) is 3.92. The molecule has 0 heterocycles. The molecule has 1 aliphatic carbocycles. The van der Waals surface area contributed by atoms with Crippen LogP contribution in [0.5, 0.6) is 0 Å². The van der Waals surface area contributed by atoms with Crippen LogP contribution in [0, 0.1) is 5.92 Å². The topological polar surface area (TPSA) is 17.1 Å². The number of benzene rings is 1. The number of hydrogen-bond donors (Lipinski definition) is 0. The minimum atomic E-state index is 0.313. The van der Waals surface area contributed by atoms with Crippen molar-refractivity contribution in [2.75, 3.05) is 0 Å². The van der Waals surface area contributed by atoms with Gasteiger partial charge in [0.2, 0.25) is 0 Å². The molecule has 2 rings (SSSR count). The van der Waals surface area contributed by atoms with Gasteiger partial charge in [-0.25, -0.2) is 0 Å². The molecule has 1 aromatic rings. The van der Waals surface area contributed by atoms with Gasteiger partial charge in [0.05, 0.1) is 0 Å². The van der Waals surface area contributed by atoms with Crippen molar-refractivity contribution in [3.63, 3.8) is 0 Å². The zero-order chi connectivity index (χ0) is 10.7. The maximum atomic E-state index is 10.6. The van der Waals surface area contributed by atoms with Crippen LogP contribution < -0.4 is 0 Å². The molecule has 0 aromatic heterocycles. The van der Waals surface area contributed by atoms with Gasteiger partial charge in [-0.1, -0.05) is 28.1 Å². The Morgan fingerprint density at radius 3 is 2.53 bits per heavy atom. The van der Waals surface area contributed by atoms with Gasteiger partial charge in [0.15, 0.2) is 0 Å². The Balaban J connectivity index is 2.04. The number of carbonyl (C=O) groups excluding carboxylic acids is 1. The highest BCUT2D eigenvalue weighted by atomic mass is 79.9. The van der Waals surface area contributed by atoms with Gasteiger partial charge in [-0.15, -0.1) is 0 Å². The van der Waals surface area contributed by atoms with Crippen LogP contribution in [0.25, 0.3) is 0 Å². The normalized spacial score (nSPS) is 26.2. The summed E-state index contributed by atoms with van der Waals surface area (Å²) in [6.07, 6.45) is 5.54. The Labute approximate surface area is 99.0 Å². The van der Waals surface area contributed by atoms with Gasteiger partial charge < -0.3 is 4.79 Å². The van der Waals surface area contributed by atoms with Crippen LogP contribution >= 0.6 is 15.9 Å². The molecule has 0 saturated heterocycles. The fourth-order valence-corrected chi connectivity index (χ4v) is 2.77. The predicted molar refractivity (Wildman–Crippen MR) is 64.9 cm³/mol. The molecule has 2 heteroatoms. The maximum absolute atomic E-state index is 10.6. The molecule has 1 aromatic carbocycles. The summed E-state index contributed by atoms with van der Waals surface area (Å²) in [6.45, 7) is 0. The van der Waals surface area contributed by atoms with E-state index in [1.807, 2.05) is 0 Å². The Kier molecular flexibility index (Phi) is 3.57. The molecule has 0 spiro atoms. The molecule has 0 unspecified atom stereocenters. The summed E-state index contributed by atoms with van der Waals surface area (Å²) < 4.78 is 1.15. The first-order chi connectivity index (χ1) is 7.29. The van der Waals surface area contributed by atoms with Crippen molar-refractivity contribution in [1.29, 1.82) is 0 Å². The number of aldehydes is 1. The summed E-state index contributed by atoms with van der Waals surface area (Å²) >= 11 is 3.50. The highest BCUT2D eigenvalue weighted by Crippen LogP contribution is 2.35. The molecule has 0 amide bonds. The van der Waals surface area contributed by atoms with Crippen LogP contribution in [-0.2, 0) is 4.79 Å². The van der Waals surface area contributed by atoms with E-state index in [2.05, 4.69) is 40.2 Å². The molecule has 0 bridgehead atoms. The molecule has 0 aliphatic heterocycles. The van der Waals surface area contributed by atoms with E-state index >= 15 is 0 Å². The van der Waals surface area contributed by atoms with Gasteiger partial charge in [0.25, 0.3) is 0 Å². The average Bonchev–Trinajstić information content (AvgIpc) is 2.29. The first-order valence-electron chi connectivity index (χ1n) is 5.50. The van der Waals surface area contributed by atoms with E-state index in [4.69, 9.17) is 0 Å². The smallest absolute Gasteiger partial charge is 0.123 e. The highest BCUT2D eigenvalue weighted by molar-refractivity contribution is 9.10. The molecule has 1 fully saturated rings. The largest absolute Gasteiger partial charge is 0.303 e. The zero-order valence-electron chi connectivity index (χ0n) is 8.66. The van der Waals surface area contributed by atoms with Crippen molar-refractivity contribution in [2.24, 2.45) is 5.92 Å². The van der Waals surface area contributed by atoms with Crippen molar-refractivity contribution in [1.82, 2.24) is 0 Å². The lowest BCUT2D eigenvalue weighted by Crippen LogP contribution is -2.14. The summed E-state index contributed by atoms with van der Waals surface area (Å²) in [5, 5.41) is 0. The minimum absolute atomic E-state index is 0.313. The average molecular weight is 267 g/mol. The van der Waals surface area contributed by atoms with Crippen LogP contribution in [0.15, 0.2) is 28.7 Å². The van der Waals surface area contributed by atoms with Gasteiger partial charge in [-0.05, 0) is 49.3 Å². The summed E-state index contributed by atoms with van der Waals surface area (Å²) in [6, 6.07) is 8.54. The van der Waals surface area contributed by atoms with Crippen molar-refractivity contribution in [3.8, 4) is 0 Å². The molecule has 0 radical (unpaired) electrons. The van der Waals surface area contributed by atoms with Gasteiger partial charge in [0.1, 0.15) is 6.29 Å². The molecular weight excluding hydrogens is 252 g/mol. The fraction of sp³-hybridized carbons (Fsp3) is 0.462. The van der Waals surface area contributed by atoms with E-state index < -0.39 is 0 Å². The second kappa shape index (κ2) is 4.93. The number of carbonyl (C=O) groups is 1. The molecule has 1 aliphatic rings. The first-order valence-corrected chi connectivity index (χ1v) is 6.29. The van der Waals surface area contributed by atoms with Gasteiger partial charge in [-0.3, -0.25) is 0 Å². The van der Waals surface area contributed by atoms with Crippen molar-refractivity contribution >= 4 is 22.2 Å². The third-order valence-corrected chi connectivity index (χ3v) is 3.78. The molecule has 15 heavy (non-hydrogen) atoms. The van der Waals surface area contributed by atoms with Gasteiger partial charge in [0, 0.05) is 10.4 Å². The van der Waals surface area contributed by atoms with E-state index in [1.165, 1.54) is 5.56 Å². The number of halogens is 1. The Morgan fingerprint density at radius 2 is 1.93 bits per heavy atom. The molecule has 1 saturated carbocycles. The third-order valence-electron chi connectivity index (χ3n) is 3.28. The molecule has 0 N–H and O–H groups in total. The first kappa shape index (κ1) is 10.9. The highest BCUT2D eigenvalue weighted by Gasteiger charge is 2.21. The maximum Gasteiger partial charge on any atom is 0.123 e. The third kappa shape index (κ3) is 2.69. The fourth-order valence-electron chi connectivity index (χ4n) is 2.35. The van der Waals surface area contributed by atoms with Crippen LogP contribution in [0.2, 0.25) is 0 Å². The SMILES string of the molecule is O=CC1CCC(c2cccc(Br)c2)CC1. The second-order valence-corrected chi connectivity index (χ2v) is 5.22. The Hall–Kier alpha value is -0.630. The summed E-state index contributed by atoms with van der Waals surface area (Å²) in [5.41, 5.74) is 1.41. The lowest BCUT2D eigenvalue weighted by atomic mass is 9.79. The standard InChI is InChI=1S/C13H15BrO/c14-13-3-1-2-12(8-13)11-6-4-10(9-15)5-7-11/h1-3,8-11H,4-7H2. The van der Waals surface area contributed by atoms with Crippen molar-refractivity contribution in [2.45, 2.75) is 31.6 Å². The van der Waals surface area contributed by atoms with Gasteiger partial charge in [-0.2, -0.15) is 0 Å². The van der Waals surface area contributed by atoms with Crippen LogP contribution in [0.3, 0.4) is 0 Å². The van der Waals surface area contributed by atoms with Crippen LogP contribution in [-0.4, -0.2) is 6.29 Å². The Bertz CT molecular complexity index is 340. The summed E-state index contributed by atoms with van der Waals surface area (Å²) in [7, 11) is 0. The summed E-state index contributed by atoms with van der Waals surface area (Å²) in [5.74, 6) is 0.965. The van der Waals surface area contributed by atoms with Crippen LogP contribution in [0.4, 0.5) is 0 Å². The number of rotatable bonds is 2. The van der Waals surface area contributed by atoms with Crippen LogP contribution in [0.1, 0.15) is 37.2 Å². The van der Waals surface area contributed by atoms with Crippen molar-refractivity contribution in [3.05, 3.63) is 34.3 Å². The quantitative estimate of drug-likeness (QED) is 0.742. The lowest BCUT2D eigenvalue weighted by molar-refractivity contribution is -0.111. The van der Waals surface area contributed by atoms with E-state index in [-0.39, 0.29) is 0 Å². The zero-order valence-corrected chi connectivity index (χ0v) is 10.2. The van der Waals surface area contributed by atoms with E-state index in [0.29, 0.717) is 11.8 Å². The monoisotopic (exact) mass is 266 g/mol. The Morgan fingerprint density at radius 1 is 1.20 bits per heavy atom. The molecule has 0 atom stereocenters. The number of hydrogen-bond acceptors (Lipinski definition) is 1. The molecule has 80 valence electrons. The van der Waals surface area contributed by atoms with E-state index in [1.54, 1.807) is 0 Å². The molecule has 1 nitrogen and oxygen atoms in total. The lowest BCUT2D eigenvalue weighted by Gasteiger charge is -2.25. The summed E-state index contributed by atoms with van der Waals surface area (Å²) in [4.78, 5) is 10.6. The van der Waals surface area contributed by atoms with Gasteiger partial charge >= 0.3 is 0 Å². The van der Waals surface area contributed by atoms with E-state index in [9.17, 15) is 4.79 Å². The molecular formula is C13H15BrO. The minimum Gasteiger partial charge on any atom is -0.303 e.